The summed E-state index contributed by atoms with van der Waals surface area (Å²) in [7, 11) is 1.99. The molecule has 1 heterocycles. The summed E-state index contributed by atoms with van der Waals surface area (Å²) >= 11 is 5.79. The fraction of sp³-hybridized carbons (Fsp3) is 0.727. The Morgan fingerprint density at radius 1 is 1.18 bits per heavy atom. The smallest absolute Gasteiger partial charge is 0.231 e. The Hall–Kier alpha value is -1.10. The topological polar surface area (TPSA) is 67.9 Å². The van der Waals surface area contributed by atoms with Crippen LogP contribution in [0.5, 0.6) is 0 Å². The van der Waals surface area contributed by atoms with Gasteiger partial charge in [-0.3, -0.25) is 0 Å². The number of halogens is 1. The molecular weight excluding hydrogens is 238 g/mol. The van der Waals surface area contributed by atoms with Gasteiger partial charge in [-0.15, -0.1) is 0 Å². The van der Waals surface area contributed by atoms with Crippen molar-refractivity contribution in [2.45, 2.75) is 38.6 Å². The normalized spacial score (nSPS) is 24.6. The molecule has 2 rings (SSSR count). The van der Waals surface area contributed by atoms with Crippen molar-refractivity contribution in [3.8, 4) is 0 Å². The lowest BCUT2D eigenvalue weighted by Crippen LogP contribution is -2.36. The van der Waals surface area contributed by atoms with Crippen LogP contribution in [0.15, 0.2) is 0 Å². The van der Waals surface area contributed by atoms with Crippen molar-refractivity contribution in [3.63, 3.8) is 0 Å². The molecule has 0 amide bonds. The summed E-state index contributed by atoms with van der Waals surface area (Å²) in [6.07, 6.45) is 4.84. The maximum absolute atomic E-state index is 5.79. The Balaban J connectivity index is 2.10. The van der Waals surface area contributed by atoms with Crippen molar-refractivity contribution in [3.05, 3.63) is 5.28 Å². The Morgan fingerprint density at radius 2 is 1.82 bits per heavy atom. The van der Waals surface area contributed by atoms with Gasteiger partial charge in [0.25, 0.3) is 0 Å². The lowest BCUT2D eigenvalue weighted by Gasteiger charge is -2.33. The van der Waals surface area contributed by atoms with E-state index in [0.29, 0.717) is 12.0 Å². The van der Waals surface area contributed by atoms with Crippen molar-refractivity contribution in [1.82, 2.24) is 15.0 Å². The highest BCUT2D eigenvalue weighted by molar-refractivity contribution is 6.28. The fourth-order valence-electron chi connectivity index (χ4n) is 2.31. The summed E-state index contributed by atoms with van der Waals surface area (Å²) < 4.78 is 0. The van der Waals surface area contributed by atoms with Crippen molar-refractivity contribution in [2.24, 2.45) is 5.92 Å². The zero-order chi connectivity index (χ0) is 12.4. The Bertz CT molecular complexity index is 369. The van der Waals surface area contributed by atoms with Crippen LogP contribution in [0.4, 0.5) is 11.9 Å². The van der Waals surface area contributed by atoms with Crippen LogP contribution in [0.3, 0.4) is 0 Å². The number of rotatable bonds is 2. The zero-order valence-electron chi connectivity index (χ0n) is 10.2. The van der Waals surface area contributed by atoms with E-state index in [1.807, 2.05) is 7.05 Å². The number of nitrogens with zero attached hydrogens (tertiary/aromatic N) is 4. The summed E-state index contributed by atoms with van der Waals surface area (Å²) in [6.45, 7) is 2.30. The standard InChI is InChI=1S/C11H18ClN5/c1-7-3-5-8(6-4-7)17(2)11-15-9(12)14-10(13)16-11/h7-8H,3-6H2,1-2H3,(H2,13,14,15,16). The number of hydrogen-bond donors (Lipinski definition) is 1. The largest absolute Gasteiger partial charge is 0.368 e. The monoisotopic (exact) mass is 255 g/mol. The molecule has 0 spiro atoms. The van der Waals surface area contributed by atoms with Gasteiger partial charge in [0.05, 0.1) is 0 Å². The SMILES string of the molecule is CC1CCC(N(C)c2nc(N)nc(Cl)n2)CC1. The summed E-state index contributed by atoms with van der Waals surface area (Å²) in [5, 5.41) is 0.156. The highest BCUT2D eigenvalue weighted by Gasteiger charge is 2.23. The molecule has 1 fully saturated rings. The maximum Gasteiger partial charge on any atom is 0.231 e. The van der Waals surface area contributed by atoms with Gasteiger partial charge in [-0.1, -0.05) is 6.92 Å². The molecule has 0 aliphatic heterocycles. The highest BCUT2D eigenvalue weighted by atomic mass is 35.5. The Morgan fingerprint density at radius 3 is 2.41 bits per heavy atom. The van der Waals surface area contributed by atoms with E-state index in [-0.39, 0.29) is 11.2 Å². The molecule has 0 atom stereocenters. The van der Waals surface area contributed by atoms with Crippen LogP contribution in [-0.2, 0) is 0 Å². The summed E-state index contributed by atoms with van der Waals surface area (Å²) in [4.78, 5) is 14.1. The second-order valence-corrected chi connectivity index (χ2v) is 5.13. The van der Waals surface area contributed by atoms with Gasteiger partial charge in [-0.25, -0.2) is 0 Å². The molecule has 2 N–H and O–H groups in total. The van der Waals surface area contributed by atoms with Gasteiger partial charge in [0, 0.05) is 13.1 Å². The predicted molar refractivity (Wildman–Crippen MR) is 69.1 cm³/mol. The van der Waals surface area contributed by atoms with Gasteiger partial charge in [0.2, 0.25) is 17.2 Å². The van der Waals surface area contributed by atoms with E-state index in [0.717, 1.165) is 5.92 Å². The Kier molecular flexibility index (Phi) is 3.66. The highest BCUT2D eigenvalue weighted by Crippen LogP contribution is 2.28. The first-order valence-corrected chi connectivity index (χ1v) is 6.34. The molecule has 1 aliphatic carbocycles. The van der Waals surface area contributed by atoms with Crippen LogP contribution >= 0.6 is 11.6 Å². The van der Waals surface area contributed by atoms with Crippen LogP contribution in [0.25, 0.3) is 0 Å². The van der Waals surface area contributed by atoms with Crippen LogP contribution < -0.4 is 10.6 Å². The predicted octanol–water partition coefficient (Wildman–Crippen LogP) is 2.12. The minimum absolute atomic E-state index is 0.156. The van der Waals surface area contributed by atoms with Crippen LogP contribution in [0.1, 0.15) is 32.6 Å². The minimum atomic E-state index is 0.156. The lowest BCUT2D eigenvalue weighted by molar-refractivity contribution is 0.339. The molecule has 1 aromatic heterocycles. The second-order valence-electron chi connectivity index (χ2n) is 4.79. The van der Waals surface area contributed by atoms with E-state index >= 15 is 0 Å². The third-order valence-corrected chi connectivity index (χ3v) is 3.63. The van der Waals surface area contributed by atoms with E-state index in [1.54, 1.807) is 0 Å². The van der Waals surface area contributed by atoms with Crippen molar-refractivity contribution in [2.75, 3.05) is 17.7 Å². The molecule has 1 saturated carbocycles. The lowest BCUT2D eigenvalue weighted by atomic mass is 9.87. The first kappa shape index (κ1) is 12.4. The van der Waals surface area contributed by atoms with E-state index in [2.05, 4.69) is 26.8 Å². The average molecular weight is 256 g/mol. The first-order chi connectivity index (χ1) is 8.06. The van der Waals surface area contributed by atoms with Crippen molar-refractivity contribution >= 4 is 23.5 Å². The van der Waals surface area contributed by atoms with E-state index in [4.69, 9.17) is 17.3 Å². The number of anilines is 2. The third-order valence-electron chi connectivity index (χ3n) is 3.46. The van der Waals surface area contributed by atoms with Crippen LogP contribution in [0.2, 0.25) is 5.28 Å². The minimum Gasteiger partial charge on any atom is -0.368 e. The van der Waals surface area contributed by atoms with E-state index < -0.39 is 0 Å². The second kappa shape index (κ2) is 5.04. The summed E-state index contributed by atoms with van der Waals surface area (Å²) in [5.41, 5.74) is 5.58. The van der Waals surface area contributed by atoms with Gasteiger partial charge < -0.3 is 10.6 Å². The quantitative estimate of drug-likeness (QED) is 0.877. The van der Waals surface area contributed by atoms with Gasteiger partial charge in [0.15, 0.2) is 0 Å². The van der Waals surface area contributed by atoms with Crippen LogP contribution in [-0.4, -0.2) is 28.0 Å². The number of aromatic nitrogens is 3. The van der Waals surface area contributed by atoms with E-state index in [1.165, 1.54) is 25.7 Å². The zero-order valence-corrected chi connectivity index (χ0v) is 11.0. The number of nitrogen functional groups attached to an aromatic ring is 1. The summed E-state index contributed by atoms with van der Waals surface area (Å²) in [6, 6.07) is 0.476. The molecule has 17 heavy (non-hydrogen) atoms. The van der Waals surface area contributed by atoms with Gasteiger partial charge >= 0.3 is 0 Å². The molecule has 94 valence electrons. The molecule has 1 aliphatic rings. The molecule has 0 saturated heterocycles. The van der Waals surface area contributed by atoms with Crippen LogP contribution in [0, 0.1) is 5.92 Å². The molecule has 0 aromatic carbocycles. The van der Waals surface area contributed by atoms with Gasteiger partial charge in [-0.2, -0.15) is 15.0 Å². The third kappa shape index (κ3) is 2.97. The molecule has 0 unspecified atom stereocenters. The van der Waals surface area contributed by atoms with Gasteiger partial charge in [0.1, 0.15) is 0 Å². The molecular formula is C11H18ClN5. The molecule has 0 bridgehead atoms. The number of hydrogen-bond acceptors (Lipinski definition) is 5. The first-order valence-electron chi connectivity index (χ1n) is 5.96. The number of nitrogens with two attached hydrogens (primary N) is 1. The molecule has 5 nitrogen and oxygen atoms in total. The fourth-order valence-corrected chi connectivity index (χ4v) is 2.47. The van der Waals surface area contributed by atoms with Crippen molar-refractivity contribution < 1.29 is 0 Å². The molecule has 1 aromatic rings. The van der Waals surface area contributed by atoms with E-state index in [9.17, 15) is 0 Å². The van der Waals surface area contributed by atoms with Crippen molar-refractivity contribution in [1.29, 1.82) is 0 Å². The molecule has 0 radical (unpaired) electrons. The Labute approximate surface area is 106 Å². The molecule has 6 heteroatoms. The van der Waals surface area contributed by atoms with Gasteiger partial charge in [-0.05, 0) is 43.2 Å². The summed E-state index contributed by atoms with van der Waals surface area (Å²) in [5.74, 6) is 1.57. The average Bonchev–Trinajstić information content (AvgIpc) is 2.28. The maximum atomic E-state index is 5.79.